The molecule has 158 valence electrons. The summed E-state index contributed by atoms with van der Waals surface area (Å²) in [5.41, 5.74) is 3.64. The molecule has 0 aliphatic carbocycles. The van der Waals surface area contributed by atoms with E-state index in [0.29, 0.717) is 29.3 Å². The van der Waals surface area contributed by atoms with E-state index < -0.39 is 0 Å². The van der Waals surface area contributed by atoms with Crippen molar-refractivity contribution < 1.29 is 9.53 Å². The number of nitrogens with zero attached hydrogens (tertiary/aromatic N) is 5. The highest BCUT2D eigenvalue weighted by Crippen LogP contribution is 2.32. The Morgan fingerprint density at radius 2 is 2.17 bits per heavy atom. The van der Waals surface area contributed by atoms with E-state index in [9.17, 15) is 4.79 Å². The molecule has 1 saturated heterocycles. The predicted molar refractivity (Wildman–Crippen MR) is 117 cm³/mol. The first-order chi connectivity index (χ1) is 14.4. The van der Waals surface area contributed by atoms with Crippen LogP contribution in [0, 0.1) is 5.92 Å². The molecular weight excluding hydrogens is 402 g/mol. The second-order valence-electron chi connectivity index (χ2n) is 8.06. The van der Waals surface area contributed by atoms with Crippen LogP contribution in [0.25, 0.3) is 22.4 Å². The minimum Gasteiger partial charge on any atom is -0.358 e. The van der Waals surface area contributed by atoms with Crippen LogP contribution in [0.5, 0.6) is 0 Å². The molecule has 2 aromatic heterocycles. The first-order valence-electron chi connectivity index (χ1n) is 10.3. The first kappa shape index (κ1) is 20.8. The van der Waals surface area contributed by atoms with E-state index in [2.05, 4.69) is 28.8 Å². The third-order valence-corrected chi connectivity index (χ3v) is 5.39. The highest BCUT2D eigenvalue weighted by molar-refractivity contribution is 6.28. The number of aromatic nitrogens is 4. The van der Waals surface area contributed by atoms with Crippen molar-refractivity contribution in [3.05, 3.63) is 35.9 Å². The summed E-state index contributed by atoms with van der Waals surface area (Å²) in [4.78, 5) is 27.5. The van der Waals surface area contributed by atoms with Gasteiger partial charge < -0.3 is 9.64 Å². The van der Waals surface area contributed by atoms with E-state index in [1.807, 2.05) is 28.8 Å². The third-order valence-electron chi connectivity index (χ3n) is 5.22. The molecule has 1 aliphatic rings. The zero-order chi connectivity index (χ0) is 21.3. The molecule has 8 heteroatoms. The van der Waals surface area contributed by atoms with E-state index in [0.717, 1.165) is 37.1 Å². The molecule has 0 radical (unpaired) electrons. The van der Waals surface area contributed by atoms with Gasteiger partial charge >= 0.3 is 0 Å². The number of ether oxygens (including phenoxy) is 1. The lowest BCUT2D eigenvalue weighted by molar-refractivity contribution is -0.116. The molecule has 4 rings (SSSR count). The Morgan fingerprint density at radius 3 is 2.87 bits per heavy atom. The van der Waals surface area contributed by atoms with Crippen LogP contribution >= 0.6 is 11.6 Å². The summed E-state index contributed by atoms with van der Waals surface area (Å²) in [5.74, 6) is 0.356. The van der Waals surface area contributed by atoms with Crippen LogP contribution in [-0.2, 0) is 9.53 Å². The van der Waals surface area contributed by atoms with Crippen LogP contribution in [0.15, 0.2) is 30.6 Å². The Balaban J connectivity index is 1.78. The zero-order valence-corrected chi connectivity index (χ0v) is 18.3. The van der Waals surface area contributed by atoms with Crippen LogP contribution in [0.2, 0.25) is 5.28 Å². The molecule has 1 atom stereocenters. The Morgan fingerprint density at radius 1 is 1.33 bits per heavy atom. The maximum absolute atomic E-state index is 12.2. The lowest BCUT2D eigenvalue weighted by Gasteiger charge is -2.24. The third kappa shape index (κ3) is 4.18. The van der Waals surface area contributed by atoms with E-state index >= 15 is 0 Å². The molecule has 0 bridgehead atoms. The number of hydrogen-bond donors (Lipinski definition) is 0. The van der Waals surface area contributed by atoms with Crippen molar-refractivity contribution in [2.45, 2.75) is 46.3 Å². The van der Waals surface area contributed by atoms with Crippen molar-refractivity contribution in [1.82, 2.24) is 19.5 Å². The summed E-state index contributed by atoms with van der Waals surface area (Å²) < 4.78 is 7.85. The zero-order valence-electron chi connectivity index (χ0n) is 17.5. The highest BCUT2D eigenvalue weighted by Gasteiger charge is 2.22. The van der Waals surface area contributed by atoms with E-state index in [1.54, 1.807) is 18.2 Å². The minimum atomic E-state index is -0.0897. The molecular formula is C22H26ClN5O2. The SMILES string of the molecule is CC(=O)N(CC(C)C)c1cccc(-c2nc(Cl)nc3c2ncn3C2CCCCO2)c1. The average Bonchev–Trinajstić information content (AvgIpc) is 3.15. The van der Waals surface area contributed by atoms with E-state index in [-0.39, 0.29) is 17.4 Å². The van der Waals surface area contributed by atoms with E-state index in [1.165, 1.54) is 0 Å². The fourth-order valence-corrected chi connectivity index (χ4v) is 4.01. The summed E-state index contributed by atoms with van der Waals surface area (Å²) in [6.45, 7) is 7.14. The maximum Gasteiger partial charge on any atom is 0.225 e. The normalized spacial score (nSPS) is 16.9. The van der Waals surface area contributed by atoms with E-state index in [4.69, 9.17) is 16.3 Å². The van der Waals surface area contributed by atoms with Gasteiger partial charge in [-0.15, -0.1) is 0 Å². The molecule has 0 N–H and O–H groups in total. The Kier molecular flexibility index (Phi) is 6.01. The molecule has 30 heavy (non-hydrogen) atoms. The summed E-state index contributed by atoms with van der Waals surface area (Å²) in [7, 11) is 0. The van der Waals surface area contributed by atoms with Crippen molar-refractivity contribution in [2.24, 2.45) is 5.92 Å². The quantitative estimate of drug-likeness (QED) is 0.544. The number of carbonyl (C=O) groups excluding carboxylic acids is 1. The standard InChI is InChI=1S/C22H26ClN5O2/c1-14(2)12-27(15(3)29)17-8-6-7-16(11-17)19-20-21(26-22(23)25-19)28(13-24-20)18-9-4-5-10-30-18/h6-8,11,13-14,18H,4-5,9-10,12H2,1-3H3. The topological polar surface area (TPSA) is 73.1 Å². The van der Waals surface area contributed by atoms with Gasteiger partial charge in [-0.05, 0) is 48.9 Å². The monoisotopic (exact) mass is 427 g/mol. The van der Waals surface area contributed by atoms with Gasteiger partial charge in [-0.25, -0.2) is 9.97 Å². The van der Waals surface area contributed by atoms with Gasteiger partial charge in [-0.3, -0.25) is 9.36 Å². The molecule has 0 spiro atoms. The van der Waals surface area contributed by atoms with Gasteiger partial charge in [0, 0.05) is 31.3 Å². The maximum atomic E-state index is 12.2. The van der Waals surface area contributed by atoms with Gasteiger partial charge in [0.15, 0.2) is 5.65 Å². The largest absolute Gasteiger partial charge is 0.358 e. The highest BCUT2D eigenvalue weighted by atomic mass is 35.5. The molecule has 3 heterocycles. The number of hydrogen-bond acceptors (Lipinski definition) is 5. The molecule has 1 amide bonds. The molecule has 1 aromatic carbocycles. The van der Waals surface area contributed by atoms with Crippen molar-refractivity contribution in [3.8, 4) is 11.3 Å². The molecule has 1 fully saturated rings. The van der Waals surface area contributed by atoms with Crippen molar-refractivity contribution in [3.63, 3.8) is 0 Å². The predicted octanol–water partition coefficient (Wildman–Crippen LogP) is 4.85. The lowest BCUT2D eigenvalue weighted by Crippen LogP contribution is -2.32. The first-order valence-corrected chi connectivity index (χ1v) is 10.7. The fourth-order valence-electron chi connectivity index (χ4n) is 3.85. The number of benzene rings is 1. The Hall–Kier alpha value is -2.51. The van der Waals surface area contributed by atoms with Crippen molar-refractivity contribution in [1.29, 1.82) is 0 Å². The number of imidazole rings is 1. The summed E-state index contributed by atoms with van der Waals surface area (Å²) in [6, 6.07) is 7.76. The van der Waals surface area contributed by atoms with Gasteiger partial charge in [0.2, 0.25) is 11.2 Å². The van der Waals surface area contributed by atoms with Crippen LogP contribution in [0.3, 0.4) is 0 Å². The number of halogens is 1. The van der Waals surface area contributed by atoms with Gasteiger partial charge in [-0.1, -0.05) is 26.0 Å². The lowest BCUT2D eigenvalue weighted by atomic mass is 10.1. The number of rotatable bonds is 5. The second-order valence-corrected chi connectivity index (χ2v) is 8.40. The summed E-state index contributed by atoms with van der Waals surface area (Å²) in [5, 5.41) is 0.158. The number of anilines is 1. The van der Waals surface area contributed by atoms with Crippen LogP contribution in [0.4, 0.5) is 5.69 Å². The minimum absolute atomic E-state index is 0.00504. The van der Waals surface area contributed by atoms with Gasteiger partial charge in [0.25, 0.3) is 0 Å². The average molecular weight is 428 g/mol. The molecule has 1 aliphatic heterocycles. The summed E-state index contributed by atoms with van der Waals surface area (Å²) in [6.07, 6.45) is 4.75. The van der Waals surface area contributed by atoms with Gasteiger partial charge in [-0.2, -0.15) is 4.98 Å². The fraction of sp³-hybridized carbons (Fsp3) is 0.455. The second kappa shape index (κ2) is 8.70. The number of carbonyl (C=O) groups is 1. The van der Waals surface area contributed by atoms with Crippen molar-refractivity contribution in [2.75, 3.05) is 18.1 Å². The molecule has 1 unspecified atom stereocenters. The molecule has 7 nitrogen and oxygen atoms in total. The van der Waals surface area contributed by atoms with Crippen molar-refractivity contribution >= 4 is 34.4 Å². The van der Waals surface area contributed by atoms with Crippen LogP contribution in [0.1, 0.15) is 46.3 Å². The van der Waals surface area contributed by atoms with Crippen LogP contribution < -0.4 is 4.90 Å². The number of amides is 1. The number of fused-ring (bicyclic) bond motifs is 1. The van der Waals surface area contributed by atoms with Crippen LogP contribution in [-0.4, -0.2) is 38.6 Å². The van der Waals surface area contributed by atoms with Gasteiger partial charge in [0.1, 0.15) is 17.4 Å². The summed E-state index contributed by atoms with van der Waals surface area (Å²) >= 11 is 6.29. The Bertz CT molecular complexity index is 1060. The molecule has 0 saturated carbocycles. The molecule has 3 aromatic rings. The smallest absolute Gasteiger partial charge is 0.225 e. The Labute approximate surface area is 181 Å². The van der Waals surface area contributed by atoms with Gasteiger partial charge in [0.05, 0.1) is 6.33 Å².